The van der Waals surface area contributed by atoms with Crippen LogP contribution in [0.15, 0.2) is 48.5 Å². The number of carbonyl (C=O) groups excluding carboxylic acids is 1. The molecule has 3 rings (SSSR count). The first-order valence-corrected chi connectivity index (χ1v) is 9.28. The van der Waals surface area contributed by atoms with E-state index in [1.807, 2.05) is 30.3 Å². The maximum atomic E-state index is 13.2. The monoisotopic (exact) mass is 412 g/mol. The predicted octanol–water partition coefficient (Wildman–Crippen LogP) is 4.39. The molecule has 1 fully saturated rings. The largest absolute Gasteiger partial charge is 0.417 e. The van der Waals surface area contributed by atoms with Gasteiger partial charge in [0.25, 0.3) is 5.91 Å². The zero-order valence-corrected chi connectivity index (χ0v) is 16.2. The summed E-state index contributed by atoms with van der Waals surface area (Å²) in [4.78, 5) is 12.9. The number of nitriles is 1. The molecule has 0 saturated heterocycles. The van der Waals surface area contributed by atoms with Gasteiger partial charge in [0.05, 0.1) is 17.2 Å². The maximum Gasteiger partial charge on any atom is 0.417 e. The van der Waals surface area contributed by atoms with Crippen LogP contribution in [0.2, 0.25) is 0 Å². The quantitative estimate of drug-likeness (QED) is 0.716. The van der Waals surface area contributed by atoms with E-state index in [1.165, 1.54) is 19.1 Å². The van der Waals surface area contributed by atoms with E-state index in [-0.39, 0.29) is 12.1 Å². The molecule has 2 aromatic carbocycles. The van der Waals surface area contributed by atoms with Crippen LogP contribution in [0.25, 0.3) is 0 Å². The molecule has 0 bridgehead atoms. The molecule has 1 unspecified atom stereocenters. The summed E-state index contributed by atoms with van der Waals surface area (Å²) >= 11 is 0. The fraction of sp³-hybridized carbons (Fsp3) is 0.304. The van der Waals surface area contributed by atoms with Crippen LogP contribution in [0.1, 0.15) is 42.9 Å². The zero-order chi connectivity index (χ0) is 22.0. The first kappa shape index (κ1) is 21.4. The smallest absolute Gasteiger partial charge is 0.369 e. The van der Waals surface area contributed by atoms with Gasteiger partial charge in [-0.25, -0.2) is 0 Å². The zero-order valence-electron chi connectivity index (χ0n) is 16.2. The lowest BCUT2D eigenvalue weighted by molar-refractivity contribution is -0.137. The Morgan fingerprint density at radius 3 is 2.40 bits per heavy atom. The molecule has 7 heteroatoms. The van der Waals surface area contributed by atoms with Crippen molar-refractivity contribution in [1.82, 2.24) is 0 Å². The summed E-state index contributed by atoms with van der Waals surface area (Å²) in [6.07, 6.45) is -3.18. The molecule has 0 aliphatic heterocycles. The van der Waals surface area contributed by atoms with Crippen LogP contribution < -0.4 is 5.32 Å². The number of halogens is 3. The summed E-state index contributed by atoms with van der Waals surface area (Å²) in [5.74, 6) is 4.17. The number of alkyl halides is 3. The second-order valence-corrected chi connectivity index (χ2v) is 7.38. The van der Waals surface area contributed by atoms with Gasteiger partial charge in [0.2, 0.25) is 5.60 Å². The van der Waals surface area contributed by atoms with Gasteiger partial charge in [-0.2, -0.15) is 18.4 Å². The number of nitrogens with zero attached hydrogens (tertiary/aromatic N) is 1. The van der Waals surface area contributed by atoms with Gasteiger partial charge in [0.1, 0.15) is 0 Å². The van der Waals surface area contributed by atoms with Crippen molar-refractivity contribution >= 4 is 11.6 Å². The van der Waals surface area contributed by atoms with Gasteiger partial charge in [-0.15, -0.1) is 5.92 Å². The molecule has 1 aliphatic carbocycles. The van der Waals surface area contributed by atoms with Gasteiger partial charge >= 0.3 is 6.18 Å². The number of nitrogens with one attached hydrogen (secondary N) is 1. The average Bonchev–Trinajstić information content (AvgIpc) is 3.48. The van der Waals surface area contributed by atoms with Gasteiger partial charge in [-0.3, -0.25) is 4.79 Å². The van der Waals surface area contributed by atoms with Crippen molar-refractivity contribution in [3.8, 4) is 17.9 Å². The van der Waals surface area contributed by atoms with E-state index < -0.39 is 34.2 Å². The van der Waals surface area contributed by atoms with Crippen LogP contribution in [0.5, 0.6) is 0 Å². The Balaban J connectivity index is 1.88. The number of carbonyl (C=O) groups is 1. The normalized spacial score (nSPS) is 16.4. The Kier molecular flexibility index (Phi) is 5.61. The van der Waals surface area contributed by atoms with E-state index in [1.54, 1.807) is 0 Å². The summed E-state index contributed by atoms with van der Waals surface area (Å²) in [6, 6.07) is 13.8. The van der Waals surface area contributed by atoms with E-state index in [4.69, 9.17) is 5.26 Å². The molecule has 1 amide bonds. The minimum atomic E-state index is -4.75. The van der Waals surface area contributed by atoms with Crippen molar-refractivity contribution < 1.29 is 23.1 Å². The summed E-state index contributed by atoms with van der Waals surface area (Å²) in [7, 11) is 0. The topological polar surface area (TPSA) is 73.1 Å². The Bertz CT molecular complexity index is 1060. The Morgan fingerprint density at radius 2 is 1.87 bits per heavy atom. The van der Waals surface area contributed by atoms with Crippen LogP contribution in [-0.2, 0) is 16.4 Å². The highest BCUT2D eigenvalue weighted by Gasteiger charge is 2.52. The van der Waals surface area contributed by atoms with Crippen LogP contribution in [0.4, 0.5) is 18.9 Å². The maximum absolute atomic E-state index is 13.2. The van der Waals surface area contributed by atoms with Crippen molar-refractivity contribution in [2.24, 2.45) is 0 Å². The van der Waals surface area contributed by atoms with Gasteiger partial charge < -0.3 is 10.4 Å². The van der Waals surface area contributed by atoms with Gasteiger partial charge in [-0.05, 0) is 48.9 Å². The van der Waals surface area contributed by atoms with E-state index in [0.29, 0.717) is 6.07 Å². The lowest BCUT2D eigenvalue weighted by Crippen LogP contribution is -2.44. The van der Waals surface area contributed by atoms with Crippen LogP contribution >= 0.6 is 0 Å². The van der Waals surface area contributed by atoms with Crippen molar-refractivity contribution in [1.29, 1.82) is 5.26 Å². The number of anilines is 1. The number of benzene rings is 2. The molecule has 2 aromatic rings. The third-order valence-corrected chi connectivity index (χ3v) is 5.24. The number of amides is 1. The fourth-order valence-corrected chi connectivity index (χ4v) is 3.58. The number of hydrogen-bond donors (Lipinski definition) is 2. The number of aliphatic hydroxyl groups is 1. The van der Waals surface area contributed by atoms with Crippen LogP contribution in [0, 0.1) is 23.2 Å². The van der Waals surface area contributed by atoms with Gasteiger partial charge in [0.15, 0.2) is 0 Å². The van der Waals surface area contributed by atoms with E-state index in [0.717, 1.165) is 24.5 Å². The van der Waals surface area contributed by atoms with Gasteiger partial charge in [0, 0.05) is 12.1 Å². The summed E-state index contributed by atoms with van der Waals surface area (Å²) in [5, 5.41) is 22.3. The molecular formula is C23H19F3N2O2. The lowest BCUT2D eigenvalue weighted by atomic mass is 9.82. The third kappa shape index (κ3) is 4.32. The molecule has 30 heavy (non-hydrogen) atoms. The number of rotatable bonds is 5. The van der Waals surface area contributed by atoms with Crippen molar-refractivity contribution in [3.63, 3.8) is 0 Å². The SMILES string of the molecule is CC#CC(O)(CC1(c2ccccc2)CC1)C(=O)Nc1ccc(C#N)c(C(F)(F)F)c1. The highest BCUT2D eigenvalue weighted by molar-refractivity contribution is 5.99. The minimum Gasteiger partial charge on any atom is -0.369 e. The molecule has 1 atom stereocenters. The molecule has 1 aliphatic rings. The molecule has 1 saturated carbocycles. The van der Waals surface area contributed by atoms with Crippen molar-refractivity contribution in [2.75, 3.05) is 5.32 Å². The molecule has 0 aromatic heterocycles. The highest BCUT2D eigenvalue weighted by Crippen LogP contribution is 2.53. The second-order valence-electron chi connectivity index (χ2n) is 7.38. The predicted molar refractivity (Wildman–Crippen MR) is 105 cm³/mol. The summed E-state index contributed by atoms with van der Waals surface area (Å²) < 4.78 is 39.6. The highest BCUT2D eigenvalue weighted by atomic mass is 19.4. The van der Waals surface area contributed by atoms with Crippen molar-refractivity contribution in [2.45, 2.75) is 43.4 Å². The molecule has 0 spiro atoms. The Labute approximate surface area is 172 Å². The first-order chi connectivity index (χ1) is 14.1. The fourth-order valence-electron chi connectivity index (χ4n) is 3.58. The summed E-state index contributed by atoms with van der Waals surface area (Å²) in [5.41, 5.74) is -3.38. The first-order valence-electron chi connectivity index (χ1n) is 9.28. The molecular weight excluding hydrogens is 393 g/mol. The van der Waals surface area contributed by atoms with E-state index >= 15 is 0 Å². The standard InChI is InChI=1S/C23H19F3N2O2/c1-2-10-22(30,15-21(11-12-21)17-6-4-3-5-7-17)20(29)28-18-9-8-16(14-27)19(13-18)23(24,25)26/h3-9,13,30H,11-12,15H2,1H3,(H,28,29). The Morgan fingerprint density at radius 1 is 1.20 bits per heavy atom. The van der Waals surface area contributed by atoms with Crippen LogP contribution in [-0.4, -0.2) is 16.6 Å². The molecule has 0 radical (unpaired) electrons. The Hall–Kier alpha value is -3.29. The molecule has 154 valence electrons. The van der Waals surface area contributed by atoms with E-state index in [9.17, 15) is 23.1 Å². The third-order valence-electron chi connectivity index (χ3n) is 5.24. The number of hydrogen-bond acceptors (Lipinski definition) is 3. The van der Waals surface area contributed by atoms with Crippen LogP contribution in [0.3, 0.4) is 0 Å². The molecule has 0 heterocycles. The molecule has 2 N–H and O–H groups in total. The average molecular weight is 412 g/mol. The molecule has 4 nitrogen and oxygen atoms in total. The summed E-state index contributed by atoms with van der Waals surface area (Å²) in [6.45, 7) is 1.48. The minimum absolute atomic E-state index is 0.0269. The second kappa shape index (κ2) is 7.85. The lowest BCUT2D eigenvalue weighted by Gasteiger charge is -2.27. The van der Waals surface area contributed by atoms with Crippen molar-refractivity contribution in [3.05, 3.63) is 65.2 Å². The van der Waals surface area contributed by atoms with E-state index in [2.05, 4.69) is 17.2 Å². The van der Waals surface area contributed by atoms with Gasteiger partial charge in [-0.1, -0.05) is 36.3 Å².